The average Bonchev–Trinajstić information content (AvgIpc) is 1.48. The topological polar surface area (TPSA) is 108 Å². The van der Waals surface area contributed by atoms with Crippen LogP contribution in [0.25, 0.3) is 0 Å². The van der Waals surface area contributed by atoms with Gasteiger partial charge in [-0.1, -0.05) is 386 Å². The molecule has 0 aromatic heterocycles. The van der Waals surface area contributed by atoms with Crippen LogP contribution in [0.4, 0.5) is 0 Å². The Hall–Kier alpha value is -3.33. The van der Waals surface area contributed by atoms with Crippen LogP contribution in [0.15, 0.2) is 109 Å². The van der Waals surface area contributed by atoms with Gasteiger partial charge < -0.3 is 18.9 Å². The van der Waals surface area contributed by atoms with E-state index in [-0.39, 0.29) is 32.0 Å². The van der Waals surface area contributed by atoms with Crippen molar-refractivity contribution in [2.45, 2.75) is 380 Å². The number of esters is 2. The minimum absolute atomic E-state index is 0.0237. The highest BCUT2D eigenvalue weighted by atomic mass is 31.2. The largest absolute Gasteiger partial charge is 0.472 e. The minimum atomic E-state index is -4.41. The molecule has 96 heavy (non-hydrogen) atoms. The second-order valence-corrected chi connectivity index (χ2v) is 29.9. The second kappa shape index (κ2) is 75.9. The van der Waals surface area contributed by atoms with E-state index < -0.39 is 26.5 Å². The fourth-order valence-electron chi connectivity index (χ4n) is 11.7. The van der Waals surface area contributed by atoms with Gasteiger partial charge in [0.2, 0.25) is 0 Å². The van der Waals surface area contributed by atoms with Gasteiger partial charge in [0, 0.05) is 12.8 Å². The lowest BCUT2D eigenvalue weighted by Crippen LogP contribution is -2.37. The summed E-state index contributed by atoms with van der Waals surface area (Å²) in [7, 11) is 1.46. The first-order chi connectivity index (χ1) is 47.0. The van der Waals surface area contributed by atoms with Gasteiger partial charge in [0.05, 0.1) is 27.7 Å². The zero-order chi connectivity index (χ0) is 69.7. The number of carbonyl (C=O) groups is 2. The zero-order valence-corrected chi connectivity index (χ0v) is 64.5. The molecule has 0 radical (unpaired) electrons. The number of nitrogens with zero attached hydrogens (tertiary/aromatic N) is 1. The van der Waals surface area contributed by atoms with Crippen molar-refractivity contribution in [3.8, 4) is 0 Å². The number of quaternary nitrogens is 1. The molecule has 10 heteroatoms. The number of likely N-dealkylation sites (N-methyl/N-ethyl adjacent to an activating group) is 1. The second-order valence-electron chi connectivity index (χ2n) is 28.4. The van der Waals surface area contributed by atoms with Crippen molar-refractivity contribution in [3.63, 3.8) is 0 Å². The normalized spacial score (nSPS) is 13.6. The number of hydrogen-bond donors (Lipinski definition) is 1. The third-order valence-corrected chi connectivity index (χ3v) is 18.8. The van der Waals surface area contributed by atoms with E-state index in [4.69, 9.17) is 18.5 Å². The highest BCUT2D eigenvalue weighted by Gasteiger charge is 2.27. The molecule has 0 aromatic carbocycles. The fourth-order valence-corrected chi connectivity index (χ4v) is 12.4. The van der Waals surface area contributed by atoms with E-state index in [1.165, 1.54) is 231 Å². The van der Waals surface area contributed by atoms with Crippen molar-refractivity contribution in [1.82, 2.24) is 0 Å². The molecule has 9 nitrogen and oxygen atoms in total. The van der Waals surface area contributed by atoms with Crippen molar-refractivity contribution < 1.29 is 42.1 Å². The number of carbonyl (C=O) groups excluding carboxylic acids is 2. The van der Waals surface area contributed by atoms with Crippen LogP contribution < -0.4 is 0 Å². The molecule has 0 aliphatic heterocycles. The highest BCUT2D eigenvalue weighted by molar-refractivity contribution is 7.47. The van der Waals surface area contributed by atoms with E-state index in [1.807, 2.05) is 21.1 Å². The summed E-state index contributed by atoms with van der Waals surface area (Å²) in [5.41, 5.74) is 0. The van der Waals surface area contributed by atoms with Crippen LogP contribution in [-0.2, 0) is 32.7 Å². The summed E-state index contributed by atoms with van der Waals surface area (Å²) < 4.78 is 34.8. The molecule has 0 rings (SSSR count). The van der Waals surface area contributed by atoms with E-state index >= 15 is 0 Å². The van der Waals surface area contributed by atoms with Crippen LogP contribution in [0.2, 0.25) is 0 Å². The van der Waals surface area contributed by atoms with E-state index in [1.54, 1.807) is 0 Å². The molecular formula is C86H155NO8P+. The molecule has 2 unspecified atom stereocenters. The predicted octanol–water partition coefficient (Wildman–Crippen LogP) is 27.2. The Balaban J connectivity index is 3.99. The molecule has 0 saturated heterocycles. The third-order valence-electron chi connectivity index (χ3n) is 17.8. The molecule has 0 amide bonds. The summed E-state index contributed by atoms with van der Waals surface area (Å²) in [6, 6.07) is 0. The van der Waals surface area contributed by atoms with Crippen LogP contribution in [-0.4, -0.2) is 74.9 Å². The molecule has 0 aliphatic rings. The fraction of sp³-hybridized carbons (Fsp3) is 0.767. The third kappa shape index (κ3) is 79.7. The van der Waals surface area contributed by atoms with E-state index in [2.05, 4.69) is 123 Å². The number of phosphoric ester groups is 1. The lowest BCUT2D eigenvalue weighted by atomic mass is 10.0. The lowest BCUT2D eigenvalue weighted by molar-refractivity contribution is -0.870. The van der Waals surface area contributed by atoms with Gasteiger partial charge >= 0.3 is 19.8 Å². The first kappa shape index (κ1) is 92.7. The Morgan fingerprint density at radius 2 is 0.594 bits per heavy atom. The molecule has 0 heterocycles. The first-order valence-electron chi connectivity index (χ1n) is 40.6. The Morgan fingerprint density at radius 3 is 0.885 bits per heavy atom. The quantitative estimate of drug-likeness (QED) is 0.0211. The maximum Gasteiger partial charge on any atom is 0.472 e. The van der Waals surface area contributed by atoms with Gasteiger partial charge in [0.15, 0.2) is 6.10 Å². The van der Waals surface area contributed by atoms with E-state index in [9.17, 15) is 19.0 Å². The number of hydrogen-bond acceptors (Lipinski definition) is 7. The molecule has 0 spiro atoms. The molecule has 2 atom stereocenters. The van der Waals surface area contributed by atoms with Gasteiger partial charge in [0.1, 0.15) is 19.8 Å². The number of rotatable bonds is 75. The van der Waals surface area contributed by atoms with Crippen LogP contribution in [0.5, 0.6) is 0 Å². The highest BCUT2D eigenvalue weighted by Crippen LogP contribution is 2.43. The van der Waals surface area contributed by atoms with Crippen molar-refractivity contribution in [3.05, 3.63) is 109 Å². The van der Waals surface area contributed by atoms with Crippen LogP contribution in [0, 0.1) is 0 Å². The summed E-state index contributed by atoms with van der Waals surface area (Å²) in [4.78, 5) is 36.0. The Bertz CT molecular complexity index is 1990. The maximum atomic E-state index is 12.9. The average molecular weight is 1360 g/mol. The standard InChI is InChI=1S/C86H154NO8P/c1-6-8-10-12-14-16-18-20-22-24-26-28-30-32-34-36-38-40-41-42-43-44-45-47-48-50-52-54-56-58-60-62-64-66-68-70-72-74-76-78-85(88)92-82-84(83-94-96(90,91)93-81-80-87(3,4)5)95-86(89)79-77-75-73-71-69-67-65-63-61-59-57-55-53-51-49-46-39-37-35-33-31-29-27-25-23-21-19-17-15-13-11-9-7-2/h9,11,15,17,21,23,27,29,33,35,39,46,51,53,57,59,63,65,84H,6-8,10,12-14,16,18-20,22,24-26,28,30-32,34,36-38,40-45,47-50,52,54-56,58,60-62,64,66-83H2,1-5H3/p+1/b11-9-,17-15-,23-21-,29-27-,35-33-,46-39-,53-51-,59-57-,65-63-. The van der Waals surface area contributed by atoms with Crippen LogP contribution in [0.3, 0.4) is 0 Å². The van der Waals surface area contributed by atoms with Gasteiger partial charge in [-0.25, -0.2) is 4.57 Å². The van der Waals surface area contributed by atoms with Gasteiger partial charge in [-0.3, -0.25) is 18.6 Å². The number of allylic oxidation sites excluding steroid dienone is 18. The molecule has 556 valence electrons. The summed E-state index contributed by atoms with van der Waals surface area (Å²) >= 11 is 0. The van der Waals surface area contributed by atoms with E-state index in [0.717, 1.165) is 109 Å². The monoisotopic (exact) mass is 1360 g/mol. The molecule has 0 fully saturated rings. The molecule has 0 aromatic rings. The van der Waals surface area contributed by atoms with Crippen molar-refractivity contribution in [1.29, 1.82) is 0 Å². The van der Waals surface area contributed by atoms with Gasteiger partial charge in [0.25, 0.3) is 0 Å². The minimum Gasteiger partial charge on any atom is -0.462 e. The number of unbranched alkanes of at least 4 members (excludes halogenated alkanes) is 43. The maximum absolute atomic E-state index is 12.9. The van der Waals surface area contributed by atoms with Crippen LogP contribution >= 0.6 is 7.82 Å². The molecule has 0 saturated carbocycles. The summed E-state index contributed by atoms with van der Waals surface area (Å²) in [5.74, 6) is -0.812. The molecule has 0 aliphatic carbocycles. The zero-order valence-electron chi connectivity index (χ0n) is 63.6. The molecule has 0 bridgehead atoms. The van der Waals surface area contributed by atoms with Gasteiger partial charge in [-0.15, -0.1) is 0 Å². The van der Waals surface area contributed by atoms with Crippen molar-refractivity contribution in [2.75, 3.05) is 47.5 Å². The summed E-state index contributed by atoms with van der Waals surface area (Å²) in [6.07, 6.45) is 108. The van der Waals surface area contributed by atoms with Gasteiger partial charge in [-0.05, 0) is 83.5 Å². The molecular weight excluding hydrogens is 1210 g/mol. The summed E-state index contributed by atoms with van der Waals surface area (Å²) in [5, 5.41) is 0. The Kier molecular flexibility index (Phi) is 73.2. The smallest absolute Gasteiger partial charge is 0.462 e. The predicted molar refractivity (Wildman–Crippen MR) is 418 cm³/mol. The first-order valence-corrected chi connectivity index (χ1v) is 42.1. The van der Waals surface area contributed by atoms with E-state index in [0.29, 0.717) is 17.4 Å². The SMILES string of the molecule is CC/C=C\C/C=C\C/C=C\C/C=C\C/C=C\C/C=C\C/C=C\C/C=C\C/C=C\CCCCCCCC(=O)OC(COC(=O)CCCCCCCCCCCCCCCCCCCCCCCCCCCCCCCCCCCCCCCCC)COP(=O)(O)OCC[N+](C)(C)C. The molecule has 1 N–H and O–H groups in total. The van der Waals surface area contributed by atoms with Crippen molar-refractivity contribution >= 4 is 19.8 Å². The Morgan fingerprint density at radius 1 is 0.333 bits per heavy atom. The summed E-state index contributed by atoms with van der Waals surface area (Å²) in [6.45, 7) is 4.34. The number of ether oxygens (including phenoxy) is 2. The van der Waals surface area contributed by atoms with Gasteiger partial charge in [-0.2, -0.15) is 0 Å². The van der Waals surface area contributed by atoms with Crippen LogP contribution in [0.1, 0.15) is 373 Å². The lowest BCUT2D eigenvalue weighted by Gasteiger charge is -2.24. The Labute approximate surface area is 595 Å². The van der Waals surface area contributed by atoms with Crippen molar-refractivity contribution in [2.24, 2.45) is 0 Å². The number of phosphoric acid groups is 1.